The number of ether oxygens (including phenoxy) is 1. The molecule has 1 N–H and O–H groups in total. The Bertz CT molecular complexity index is 954. The summed E-state index contributed by atoms with van der Waals surface area (Å²) >= 11 is 1.32. The van der Waals surface area contributed by atoms with E-state index in [1.54, 1.807) is 18.3 Å². The van der Waals surface area contributed by atoms with Crippen LogP contribution in [-0.2, 0) is 4.74 Å². The van der Waals surface area contributed by atoms with Gasteiger partial charge in [0.2, 0.25) is 0 Å². The fourth-order valence-electron chi connectivity index (χ4n) is 3.34. The van der Waals surface area contributed by atoms with Gasteiger partial charge in [-0.25, -0.2) is 9.37 Å². The number of aryl methyl sites for hydroxylation is 1. The highest BCUT2D eigenvalue weighted by atomic mass is 32.1. The molecule has 144 valence electrons. The fraction of sp³-hybridized carbons (Fsp3) is 0.286. The Morgan fingerprint density at radius 1 is 1.29 bits per heavy atom. The summed E-state index contributed by atoms with van der Waals surface area (Å²) in [5.41, 5.74) is 2.23. The van der Waals surface area contributed by atoms with Crippen LogP contribution in [0.15, 0.2) is 48.7 Å². The van der Waals surface area contributed by atoms with Crippen LogP contribution in [0.1, 0.15) is 39.8 Å². The minimum absolute atomic E-state index is 0.127. The Kier molecular flexibility index (Phi) is 5.45. The lowest BCUT2D eigenvalue weighted by Gasteiger charge is -2.24. The lowest BCUT2D eigenvalue weighted by molar-refractivity contribution is 0.0674. The maximum absolute atomic E-state index is 13.3. The molecule has 3 aromatic rings. The monoisotopic (exact) mass is 397 g/mol. The van der Waals surface area contributed by atoms with E-state index >= 15 is 0 Å². The van der Waals surface area contributed by atoms with Gasteiger partial charge in [0.05, 0.1) is 23.5 Å². The molecule has 0 unspecified atom stereocenters. The Balaban J connectivity index is 1.59. The smallest absolute Gasteiger partial charge is 0.263 e. The minimum Gasteiger partial charge on any atom is -0.376 e. The zero-order valence-electron chi connectivity index (χ0n) is 15.4. The zero-order valence-corrected chi connectivity index (χ0v) is 16.2. The zero-order chi connectivity index (χ0) is 19.5. The lowest BCUT2D eigenvalue weighted by atomic mass is 9.99. The van der Waals surface area contributed by atoms with Crippen LogP contribution >= 0.6 is 11.3 Å². The molecular weight excluding hydrogens is 377 g/mol. The maximum Gasteiger partial charge on any atom is 0.263 e. The number of hydrogen-bond donors (Lipinski definition) is 1. The van der Waals surface area contributed by atoms with Gasteiger partial charge in [0.1, 0.15) is 15.7 Å². The molecule has 28 heavy (non-hydrogen) atoms. The van der Waals surface area contributed by atoms with Crippen molar-refractivity contribution in [3.05, 3.63) is 70.6 Å². The second-order valence-corrected chi connectivity index (χ2v) is 7.70. The van der Waals surface area contributed by atoms with Crippen molar-refractivity contribution in [2.24, 2.45) is 0 Å². The molecule has 0 radical (unpaired) electrons. The molecule has 0 saturated carbocycles. The van der Waals surface area contributed by atoms with E-state index < -0.39 is 0 Å². The number of aromatic nitrogens is 2. The summed E-state index contributed by atoms with van der Waals surface area (Å²) in [5.74, 6) is -0.513. The number of amides is 1. The third-order valence-electron chi connectivity index (χ3n) is 4.74. The third kappa shape index (κ3) is 3.95. The van der Waals surface area contributed by atoms with Gasteiger partial charge in [-0.2, -0.15) is 0 Å². The Hall–Kier alpha value is -2.64. The number of thiazole rings is 1. The van der Waals surface area contributed by atoms with Crippen molar-refractivity contribution in [3.63, 3.8) is 0 Å². The quantitative estimate of drug-likeness (QED) is 0.697. The summed E-state index contributed by atoms with van der Waals surface area (Å²) in [6.45, 7) is 2.48. The highest BCUT2D eigenvalue weighted by Crippen LogP contribution is 2.30. The summed E-state index contributed by atoms with van der Waals surface area (Å²) in [5, 5.41) is 3.79. The molecule has 2 aromatic heterocycles. The van der Waals surface area contributed by atoms with Crippen LogP contribution in [0, 0.1) is 12.7 Å². The van der Waals surface area contributed by atoms with Crippen molar-refractivity contribution >= 4 is 17.2 Å². The second-order valence-electron chi connectivity index (χ2n) is 6.70. The molecule has 1 fully saturated rings. The van der Waals surface area contributed by atoms with Gasteiger partial charge in [-0.1, -0.05) is 18.2 Å². The first-order chi connectivity index (χ1) is 13.6. The minimum atomic E-state index is -0.338. The standard InChI is InChI=1S/C21H20FN3O2S/c1-13-19(28-21(24-13)16-5-2-3-11-23-16)20(26)25-18(17-6-4-12-27-17)14-7-9-15(22)10-8-14/h2-3,5,7-11,17-18H,4,6,12H2,1H3,(H,25,26)/t17-,18+/m0/s1. The molecule has 4 rings (SSSR count). The molecule has 0 spiro atoms. The summed E-state index contributed by atoms with van der Waals surface area (Å²) in [4.78, 5) is 22.4. The van der Waals surface area contributed by atoms with Gasteiger partial charge >= 0.3 is 0 Å². The van der Waals surface area contributed by atoms with Crippen LogP contribution in [-0.4, -0.2) is 28.6 Å². The Morgan fingerprint density at radius 3 is 2.79 bits per heavy atom. The van der Waals surface area contributed by atoms with Crippen molar-refractivity contribution in [3.8, 4) is 10.7 Å². The van der Waals surface area contributed by atoms with Gasteiger partial charge < -0.3 is 10.1 Å². The van der Waals surface area contributed by atoms with E-state index in [2.05, 4.69) is 15.3 Å². The predicted molar refractivity (Wildman–Crippen MR) is 106 cm³/mol. The summed E-state index contributed by atoms with van der Waals surface area (Å²) in [6.07, 6.45) is 3.37. The van der Waals surface area contributed by atoms with Crippen molar-refractivity contribution in [2.45, 2.75) is 31.9 Å². The van der Waals surface area contributed by atoms with Crippen molar-refractivity contribution in [1.82, 2.24) is 15.3 Å². The van der Waals surface area contributed by atoms with E-state index in [0.717, 1.165) is 24.1 Å². The number of carbonyl (C=O) groups excluding carboxylic acids is 1. The number of benzene rings is 1. The molecule has 0 aliphatic carbocycles. The van der Waals surface area contributed by atoms with Gasteiger partial charge in [0.15, 0.2) is 0 Å². The van der Waals surface area contributed by atoms with Crippen LogP contribution < -0.4 is 5.32 Å². The van der Waals surface area contributed by atoms with E-state index in [1.807, 2.05) is 25.1 Å². The van der Waals surface area contributed by atoms with Gasteiger partial charge in [-0.05, 0) is 49.6 Å². The van der Waals surface area contributed by atoms with Crippen LogP contribution in [0.2, 0.25) is 0 Å². The van der Waals surface area contributed by atoms with Gasteiger partial charge in [0.25, 0.3) is 5.91 Å². The van der Waals surface area contributed by atoms with E-state index in [4.69, 9.17) is 4.74 Å². The number of nitrogens with one attached hydrogen (secondary N) is 1. The number of carbonyl (C=O) groups is 1. The molecule has 2 atom stereocenters. The van der Waals surface area contributed by atoms with E-state index in [9.17, 15) is 9.18 Å². The summed E-state index contributed by atoms with van der Waals surface area (Å²) in [7, 11) is 0. The predicted octanol–water partition coefficient (Wildman–Crippen LogP) is 4.30. The number of halogens is 1. The van der Waals surface area contributed by atoms with Crippen LogP contribution in [0.5, 0.6) is 0 Å². The van der Waals surface area contributed by atoms with Gasteiger partial charge in [-0.15, -0.1) is 11.3 Å². The largest absolute Gasteiger partial charge is 0.376 e. The molecule has 5 nitrogen and oxygen atoms in total. The summed E-state index contributed by atoms with van der Waals surface area (Å²) < 4.78 is 19.2. The summed E-state index contributed by atoms with van der Waals surface area (Å²) in [6, 6.07) is 11.5. The highest BCUT2D eigenvalue weighted by Gasteiger charge is 2.30. The molecule has 3 heterocycles. The SMILES string of the molecule is Cc1nc(-c2ccccn2)sc1C(=O)N[C@H](c1ccc(F)cc1)[C@@H]1CCCO1. The molecular formula is C21H20FN3O2S. The third-order valence-corrected chi connectivity index (χ3v) is 5.92. The van der Waals surface area contributed by atoms with Crippen LogP contribution in [0.3, 0.4) is 0 Å². The number of hydrogen-bond acceptors (Lipinski definition) is 5. The molecule has 1 aliphatic rings. The molecule has 1 saturated heterocycles. The van der Waals surface area contributed by atoms with Gasteiger partial charge in [0, 0.05) is 12.8 Å². The van der Waals surface area contributed by atoms with E-state index in [-0.39, 0.29) is 23.9 Å². The van der Waals surface area contributed by atoms with Crippen molar-refractivity contribution in [2.75, 3.05) is 6.61 Å². The van der Waals surface area contributed by atoms with Crippen LogP contribution in [0.25, 0.3) is 10.7 Å². The lowest BCUT2D eigenvalue weighted by Crippen LogP contribution is -2.36. The van der Waals surface area contributed by atoms with Crippen molar-refractivity contribution < 1.29 is 13.9 Å². The Morgan fingerprint density at radius 2 is 2.11 bits per heavy atom. The highest BCUT2D eigenvalue weighted by molar-refractivity contribution is 7.17. The molecule has 0 bridgehead atoms. The first-order valence-corrected chi connectivity index (χ1v) is 10.0. The molecule has 1 aliphatic heterocycles. The average Bonchev–Trinajstić information content (AvgIpc) is 3.37. The fourth-order valence-corrected chi connectivity index (χ4v) is 4.29. The first kappa shape index (κ1) is 18.7. The maximum atomic E-state index is 13.3. The average molecular weight is 397 g/mol. The Labute approximate surface area is 166 Å². The number of nitrogens with zero attached hydrogens (tertiary/aromatic N) is 2. The molecule has 1 aromatic carbocycles. The second kappa shape index (κ2) is 8.16. The van der Waals surface area contributed by atoms with Gasteiger partial charge in [-0.3, -0.25) is 9.78 Å². The van der Waals surface area contributed by atoms with Crippen molar-refractivity contribution in [1.29, 1.82) is 0 Å². The number of pyridine rings is 1. The molecule has 1 amide bonds. The number of rotatable bonds is 5. The molecule has 7 heteroatoms. The van der Waals surface area contributed by atoms with Crippen LogP contribution in [0.4, 0.5) is 4.39 Å². The normalized spacial score (nSPS) is 17.4. The van der Waals surface area contributed by atoms with E-state index in [0.29, 0.717) is 22.2 Å². The first-order valence-electron chi connectivity index (χ1n) is 9.18. The topological polar surface area (TPSA) is 64.1 Å². The van der Waals surface area contributed by atoms with E-state index in [1.165, 1.54) is 23.5 Å².